The molecule has 1 aromatic rings. The van der Waals surface area contributed by atoms with E-state index >= 15 is 0 Å². The van der Waals surface area contributed by atoms with Crippen LogP contribution in [-0.4, -0.2) is 37.0 Å². The zero-order valence-electron chi connectivity index (χ0n) is 13.8. The van der Waals surface area contributed by atoms with Crippen molar-refractivity contribution in [1.82, 2.24) is 4.90 Å². The first-order valence-corrected chi connectivity index (χ1v) is 8.43. The van der Waals surface area contributed by atoms with Crippen molar-refractivity contribution in [3.8, 4) is 5.75 Å². The van der Waals surface area contributed by atoms with Crippen LogP contribution in [0.5, 0.6) is 5.75 Å². The molecule has 2 rings (SSSR count). The zero-order valence-corrected chi connectivity index (χ0v) is 13.8. The molecule has 0 heterocycles. The number of rotatable bonds is 7. The maximum absolute atomic E-state index is 12.3. The molecular weight excluding hydrogens is 276 g/mol. The van der Waals surface area contributed by atoms with E-state index in [1.54, 1.807) is 0 Å². The molecule has 0 bridgehead atoms. The van der Waals surface area contributed by atoms with Crippen LogP contribution in [0.15, 0.2) is 24.3 Å². The summed E-state index contributed by atoms with van der Waals surface area (Å²) in [5, 5.41) is 3.20. The maximum Gasteiger partial charge on any atom is 0.241 e. The van der Waals surface area contributed by atoms with E-state index in [2.05, 4.69) is 12.2 Å². The van der Waals surface area contributed by atoms with Crippen LogP contribution in [0.1, 0.15) is 45.4 Å². The number of ether oxygens (including phenoxy) is 1. The lowest BCUT2D eigenvalue weighted by Gasteiger charge is -2.31. The molecule has 0 spiro atoms. The Bertz CT molecular complexity index is 453. The fourth-order valence-corrected chi connectivity index (χ4v) is 2.86. The van der Waals surface area contributed by atoms with Gasteiger partial charge in [-0.3, -0.25) is 4.79 Å². The minimum absolute atomic E-state index is 0.165. The highest BCUT2D eigenvalue weighted by Gasteiger charge is 2.21. The molecule has 1 N–H and O–H groups in total. The van der Waals surface area contributed by atoms with E-state index in [0.29, 0.717) is 12.6 Å². The number of anilines is 1. The van der Waals surface area contributed by atoms with Crippen molar-refractivity contribution in [2.24, 2.45) is 0 Å². The molecule has 122 valence electrons. The predicted octanol–water partition coefficient (Wildman–Crippen LogP) is 3.68. The van der Waals surface area contributed by atoms with Crippen LogP contribution in [0.4, 0.5) is 5.69 Å². The molecular formula is C18H28N2O2. The molecule has 4 heteroatoms. The molecule has 0 saturated heterocycles. The Balaban J connectivity index is 1.77. The van der Waals surface area contributed by atoms with Gasteiger partial charge in [0.2, 0.25) is 5.91 Å². The average Bonchev–Trinajstić information content (AvgIpc) is 2.58. The van der Waals surface area contributed by atoms with Crippen LogP contribution in [0.2, 0.25) is 0 Å². The third kappa shape index (κ3) is 4.93. The van der Waals surface area contributed by atoms with Crippen molar-refractivity contribution in [3.63, 3.8) is 0 Å². The van der Waals surface area contributed by atoms with Gasteiger partial charge in [0.25, 0.3) is 0 Å². The highest BCUT2D eigenvalue weighted by Crippen LogP contribution is 2.22. The van der Waals surface area contributed by atoms with Gasteiger partial charge in [-0.05, 0) is 43.5 Å². The van der Waals surface area contributed by atoms with Gasteiger partial charge in [-0.15, -0.1) is 0 Å². The van der Waals surface area contributed by atoms with Crippen molar-refractivity contribution in [1.29, 1.82) is 0 Å². The molecule has 1 aliphatic carbocycles. The Morgan fingerprint density at radius 2 is 1.91 bits per heavy atom. The molecule has 1 fully saturated rings. The number of hydrogen-bond acceptors (Lipinski definition) is 3. The zero-order chi connectivity index (χ0) is 15.8. The number of nitrogens with one attached hydrogen (secondary N) is 1. The third-order valence-corrected chi connectivity index (χ3v) is 4.29. The number of hydrogen-bond donors (Lipinski definition) is 1. The minimum Gasteiger partial charge on any atom is -0.494 e. The van der Waals surface area contributed by atoms with Gasteiger partial charge < -0.3 is 15.0 Å². The lowest BCUT2D eigenvalue weighted by Crippen LogP contribution is -2.41. The molecule has 1 amide bonds. The summed E-state index contributed by atoms with van der Waals surface area (Å²) in [5.74, 6) is 1.04. The predicted molar refractivity (Wildman–Crippen MR) is 90.4 cm³/mol. The van der Waals surface area contributed by atoms with Crippen molar-refractivity contribution >= 4 is 11.6 Å². The fraction of sp³-hybridized carbons (Fsp3) is 0.611. The SMILES string of the molecule is CCCOc1ccc(NCC(=O)N(C)C2CCCCC2)cc1. The van der Waals surface area contributed by atoms with Gasteiger partial charge in [0.15, 0.2) is 0 Å². The molecule has 4 nitrogen and oxygen atoms in total. The Morgan fingerprint density at radius 1 is 1.23 bits per heavy atom. The monoisotopic (exact) mass is 304 g/mol. The lowest BCUT2D eigenvalue weighted by atomic mass is 9.94. The Hall–Kier alpha value is -1.71. The Kier molecular flexibility index (Phi) is 6.56. The van der Waals surface area contributed by atoms with Gasteiger partial charge in [0.05, 0.1) is 13.2 Å². The second-order valence-corrected chi connectivity index (χ2v) is 6.02. The molecule has 22 heavy (non-hydrogen) atoms. The van der Waals surface area contributed by atoms with Crippen molar-refractivity contribution in [3.05, 3.63) is 24.3 Å². The topological polar surface area (TPSA) is 41.6 Å². The van der Waals surface area contributed by atoms with E-state index in [1.165, 1.54) is 19.3 Å². The third-order valence-electron chi connectivity index (χ3n) is 4.29. The van der Waals surface area contributed by atoms with E-state index in [9.17, 15) is 4.79 Å². The van der Waals surface area contributed by atoms with Crippen LogP contribution in [0.25, 0.3) is 0 Å². The van der Waals surface area contributed by atoms with Gasteiger partial charge in [-0.1, -0.05) is 26.2 Å². The first-order valence-electron chi connectivity index (χ1n) is 8.43. The first kappa shape index (κ1) is 16.7. The fourth-order valence-electron chi connectivity index (χ4n) is 2.86. The quantitative estimate of drug-likeness (QED) is 0.835. The largest absolute Gasteiger partial charge is 0.494 e. The van der Waals surface area contributed by atoms with Gasteiger partial charge in [0.1, 0.15) is 5.75 Å². The van der Waals surface area contributed by atoms with E-state index in [0.717, 1.165) is 37.3 Å². The standard InChI is InChI=1S/C18H28N2O2/c1-3-13-22-17-11-9-15(10-12-17)19-14-18(21)20(2)16-7-5-4-6-8-16/h9-12,16,19H,3-8,13-14H2,1-2H3. The number of carbonyl (C=O) groups is 1. The average molecular weight is 304 g/mol. The van der Waals surface area contributed by atoms with Crippen LogP contribution >= 0.6 is 0 Å². The molecule has 1 aromatic carbocycles. The van der Waals surface area contributed by atoms with E-state index in [4.69, 9.17) is 4.74 Å². The second kappa shape index (κ2) is 8.66. The summed E-state index contributed by atoms with van der Waals surface area (Å²) >= 11 is 0. The number of carbonyl (C=O) groups excluding carboxylic acids is 1. The molecule has 0 unspecified atom stereocenters. The molecule has 0 radical (unpaired) electrons. The van der Waals surface area contributed by atoms with Crippen molar-refractivity contribution < 1.29 is 9.53 Å². The first-order chi connectivity index (χ1) is 10.7. The lowest BCUT2D eigenvalue weighted by molar-refractivity contribution is -0.130. The molecule has 0 aromatic heterocycles. The smallest absolute Gasteiger partial charge is 0.241 e. The Morgan fingerprint density at radius 3 is 2.55 bits per heavy atom. The Labute approximate surface area is 133 Å². The van der Waals surface area contributed by atoms with E-state index in [1.807, 2.05) is 36.2 Å². The summed E-state index contributed by atoms with van der Waals surface area (Å²) in [7, 11) is 1.93. The van der Waals surface area contributed by atoms with Gasteiger partial charge in [-0.25, -0.2) is 0 Å². The van der Waals surface area contributed by atoms with Crippen molar-refractivity contribution in [2.75, 3.05) is 25.5 Å². The summed E-state index contributed by atoms with van der Waals surface area (Å²) in [5.41, 5.74) is 0.953. The summed E-state index contributed by atoms with van der Waals surface area (Å²) < 4.78 is 5.55. The van der Waals surface area contributed by atoms with Gasteiger partial charge in [-0.2, -0.15) is 0 Å². The molecule has 0 aliphatic heterocycles. The molecule has 1 aliphatic rings. The number of nitrogens with zero attached hydrogens (tertiary/aromatic N) is 1. The summed E-state index contributed by atoms with van der Waals surface area (Å²) in [6.45, 7) is 3.17. The van der Waals surface area contributed by atoms with Crippen LogP contribution in [0.3, 0.4) is 0 Å². The van der Waals surface area contributed by atoms with Crippen molar-refractivity contribution in [2.45, 2.75) is 51.5 Å². The number of likely N-dealkylation sites (N-methyl/N-ethyl adjacent to an activating group) is 1. The summed E-state index contributed by atoms with van der Waals surface area (Å²) in [4.78, 5) is 14.2. The van der Waals surface area contributed by atoms with E-state index in [-0.39, 0.29) is 5.91 Å². The normalized spacial score (nSPS) is 15.4. The maximum atomic E-state index is 12.3. The molecule has 0 atom stereocenters. The summed E-state index contributed by atoms with van der Waals surface area (Å²) in [6, 6.07) is 8.21. The van der Waals surface area contributed by atoms with Gasteiger partial charge >= 0.3 is 0 Å². The molecule has 1 saturated carbocycles. The van der Waals surface area contributed by atoms with Gasteiger partial charge in [0, 0.05) is 18.8 Å². The van der Waals surface area contributed by atoms with E-state index < -0.39 is 0 Å². The highest BCUT2D eigenvalue weighted by atomic mass is 16.5. The number of amides is 1. The number of benzene rings is 1. The van der Waals surface area contributed by atoms with Crippen LogP contribution < -0.4 is 10.1 Å². The highest BCUT2D eigenvalue weighted by molar-refractivity contribution is 5.81. The van der Waals surface area contributed by atoms with Crippen LogP contribution in [-0.2, 0) is 4.79 Å². The summed E-state index contributed by atoms with van der Waals surface area (Å²) in [6.07, 6.45) is 7.09. The van der Waals surface area contributed by atoms with Crippen LogP contribution in [0, 0.1) is 0 Å². The second-order valence-electron chi connectivity index (χ2n) is 6.02. The minimum atomic E-state index is 0.165.